The van der Waals surface area contributed by atoms with Crippen molar-refractivity contribution in [2.45, 2.75) is 6.54 Å². The Morgan fingerprint density at radius 2 is 1.77 bits per heavy atom. The zero-order chi connectivity index (χ0) is 18.4. The number of hydrogen-bond acceptors (Lipinski definition) is 4. The number of carbonyl (C=O) groups excluding carboxylic acids is 1. The molecule has 5 heteroatoms. The molecule has 0 atom stereocenters. The zero-order valence-electron chi connectivity index (χ0n) is 14.8. The van der Waals surface area contributed by atoms with Gasteiger partial charge in [-0.15, -0.1) is 0 Å². The first-order chi connectivity index (χ1) is 12.7. The molecular weight excluding hydrogens is 326 g/mol. The number of nitrogens with one attached hydrogen (secondary N) is 1. The quantitative estimate of drug-likeness (QED) is 0.729. The predicted octanol–water partition coefficient (Wildman–Crippen LogP) is 4.11. The van der Waals surface area contributed by atoms with E-state index < -0.39 is 0 Å². The number of pyridine rings is 1. The minimum absolute atomic E-state index is 0.113. The second-order valence-electron chi connectivity index (χ2n) is 5.90. The van der Waals surface area contributed by atoms with E-state index in [9.17, 15) is 4.79 Å². The molecule has 1 heterocycles. The van der Waals surface area contributed by atoms with Crippen LogP contribution in [0.1, 0.15) is 16.1 Å². The van der Waals surface area contributed by atoms with Gasteiger partial charge in [0.2, 0.25) is 0 Å². The standard InChI is InChI=1S/C21H21N3O2/c1-24(15-16-8-4-3-5-9-16)21(25)19-13-12-17(14-22-19)23-18-10-6-7-11-20(18)26-2/h3-14,23H,15H2,1-2H3. The Balaban J connectivity index is 1.68. The monoisotopic (exact) mass is 347 g/mol. The molecule has 0 spiro atoms. The summed E-state index contributed by atoms with van der Waals surface area (Å²) in [5, 5.41) is 3.25. The van der Waals surface area contributed by atoms with Gasteiger partial charge in [-0.2, -0.15) is 0 Å². The summed E-state index contributed by atoms with van der Waals surface area (Å²) in [6.07, 6.45) is 1.65. The first kappa shape index (κ1) is 17.5. The van der Waals surface area contributed by atoms with Crippen LogP contribution in [-0.4, -0.2) is 29.9 Å². The maximum atomic E-state index is 12.5. The third-order valence-electron chi connectivity index (χ3n) is 3.98. The van der Waals surface area contributed by atoms with Gasteiger partial charge in [-0.1, -0.05) is 42.5 Å². The third-order valence-corrected chi connectivity index (χ3v) is 3.98. The smallest absolute Gasteiger partial charge is 0.272 e. The zero-order valence-corrected chi connectivity index (χ0v) is 14.8. The van der Waals surface area contributed by atoms with E-state index in [-0.39, 0.29) is 5.91 Å². The van der Waals surface area contributed by atoms with Crippen LogP contribution in [0.25, 0.3) is 0 Å². The van der Waals surface area contributed by atoms with Crippen molar-refractivity contribution in [1.29, 1.82) is 0 Å². The van der Waals surface area contributed by atoms with Crippen LogP contribution in [0, 0.1) is 0 Å². The van der Waals surface area contributed by atoms with Crippen LogP contribution in [0.4, 0.5) is 11.4 Å². The van der Waals surface area contributed by atoms with Crippen molar-refractivity contribution < 1.29 is 9.53 Å². The number of para-hydroxylation sites is 2. The van der Waals surface area contributed by atoms with Crippen molar-refractivity contribution in [3.63, 3.8) is 0 Å². The lowest BCUT2D eigenvalue weighted by Gasteiger charge is -2.17. The number of aromatic nitrogens is 1. The summed E-state index contributed by atoms with van der Waals surface area (Å²) in [7, 11) is 3.40. The molecule has 0 aliphatic rings. The van der Waals surface area contributed by atoms with Crippen molar-refractivity contribution in [3.8, 4) is 5.75 Å². The SMILES string of the molecule is COc1ccccc1Nc1ccc(C(=O)N(C)Cc2ccccc2)nc1. The first-order valence-electron chi connectivity index (χ1n) is 8.33. The topological polar surface area (TPSA) is 54.5 Å². The number of hydrogen-bond donors (Lipinski definition) is 1. The van der Waals surface area contributed by atoms with E-state index in [2.05, 4.69) is 10.3 Å². The second-order valence-corrected chi connectivity index (χ2v) is 5.90. The van der Waals surface area contributed by atoms with E-state index in [1.807, 2.05) is 60.7 Å². The molecule has 3 rings (SSSR count). The highest BCUT2D eigenvalue weighted by atomic mass is 16.5. The van der Waals surface area contributed by atoms with E-state index in [4.69, 9.17) is 4.74 Å². The van der Waals surface area contributed by atoms with Gasteiger partial charge in [0.05, 0.1) is 24.7 Å². The van der Waals surface area contributed by atoms with Gasteiger partial charge in [0.15, 0.2) is 0 Å². The molecule has 0 radical (unpaired) electrons. The summed E-state index contributed by atoms with van der Waals surface area (Å²) in [6.45, 7) is 0.544. The van der Waals surface area contributed by atoms with Crippen molar-refractivity contribution >= 4 is 17.3 Å². The molecule has 0 bridgehead atoms. The largest absolute Gasteiger partial charge is 0.495 e. The Bertz CT molecular complexity index is 864. The van der Waals surface area contributed by atoms with Gasteiger partial charge < -0.3 is 15.0 Å². The van der Waals surface area contributed by atoms with Crippen molar-refractivity contribution in [3.05, 3.63) is 84.2 Å². The van der Waals surface area contributed by atoms with E-state index in [0.29, 0.717) is 12.2 Å². The van der Waals surface area contributed by atoms with Gasteiger partial charge in [0, 0.05) is 13.6 Å². The minimum atomic E-state index is -0.113. The van der Waals surface area contributed by atoms with Gasteiger partial charge in [0.25, 0.3) is 5.91 Å². The highest BCUT2D eigenvalue weighted by Crippen LogP contribution is 2.26. The van der Waals surface area contributed by atoms with Gasteiger partial charge in [-0.3, -0.25) is 4.79 Å². The molecule has 0 aliphatic heterocycles. The summed E-state index contributed by atoms with van der Waals surface area (Å²) in [5.41, 5.74) is 3.13. The average molecular weight is 347 g/mol. The molecule has 0 fully saturated rings. The molecule has 5 nitrogen and oxygen atoms in total. The van der Waals surface area contributed by atoms with E-state index >= 15 is 0 Å². The summed E-state index contributed by atoms with van der Waals surface area (Å²) in [5.74, 6) is 0.632. The Morgan fingerprint density at radius 1 is 1.04 bits per heavy atom. The number of amides is 1. The van der Waals surface area contributed by atoms with Gasteiger partial charge in [-0.05, 0) is 29.8 Å². The highest BCUT2D eigenvalue weighted by molar-refractivity contribution is 5.92. The van der Waals surface area contributed by atoms with Crippen molar-refractivity contribution in [2.75, 3.05) is 19.5 Å². The summed E-state index contributed by atoms with van der Waals surface area (Å²) in [4.78, 5) is 18.5. The molecule has 0 saturated heterocycles. The summed E-state index contributed by atoms with van der Waals surface area (Å²) >= 11 is 0. The molecule has 1 amide bonds. The van der Waals surface area contributed by atoms with E-state index in [1.54, 1.807) is 31.3 Å². The van der Waals surface area contributed by atoms with Crippen molar-refractivity contribution in [1.82, 2.24) is 9.88 Å². The van der Waals surface area contributed by atoms with Crippen LogP contribution in [0.15, 0.2) is 72.9 Å². The number of carbonyl (C=O) groups is 1. The number of ether oxygens (including phenoxy) is 1. The molecule has 1 N–H and O–H groups in total. The Morgan fingerprint density at radius 3 is 2.46 bits per heavy atom. The molecular formula is C21H21N3O2. The number of anilines is 2. The number of benzene rings is 2. The number of rotatable bonds is 6. The summed E-state index contributed by atoms with van der Waals surface area (Å²) in [6, 6.07) is 21.1. The molecule has 2 aromatic carbocycles. The normalized spacial score (nSPS) is 10.2. The van der Waals surface area contributed by atoms with Crippen LogP contribution in [-0.2, 0) is 6.54 Å². The van der Waals surface area contributed by atoms with Crippen LogP contribution in [0.5, 0.6) is 5.75 Å². The summed E-state index contributed by atoms with van der Waals surface area (Å²) < 4.78 is 5.32. The van der Waals surface area contributed by atoms with Crippen molar-refractivity contribution in [2.24, 2.45) is 0 Å². The van der Waals surface area contributed by atoms with Crippen LogP contribution >= 0.6 is 0 Å². The second kappa shape index (κ2) is 8.16. The molecule has 3 aromatic rings. The molecule has 0 unspecified atom stereocenters. The number of nitrogens with zero attached hydrogens (tertiary/aromatic N) is 2. The molecule has 0 saturated carbocycles. The lowest BCUT2D eigenvalue weighted by atomic mass is 10.2. The average Bonchev–Trinajstić information content (AvgIpc) is 2.69. The van der Waals surface area contributed by atoms with Crippen LogP contribution < -0.4 is 10.1 Å². The Hall–Kier alpha value is -3.34. The molecule has 1 aromatic heterocycles. The fourth-order valence-corrected chi connectivity index (χ4v) is 2.62. The lowest BCUT2D eigenvalue weighted by molar-refractivity contribution is 0.0779. The fourth-order valence-electron chi connectivity index (χ4n) is 2.62. The fraction of sp³-hybridized carbons (Fsp3) is 0.143. The van der Waals surface area contributed by atoms with Gasteiger partial charge in [0.1, 0.15) is 11.4 Å². The van der Waals surface area contributed by atoms with E-state index in [1.165, 1.54) is 0 Å². The lowest BCUT2D eigenvalue weighted by Crippen LogP contribution is -2.26. The molecule has 26 heavy (non-hydrogen) atoms. The van der Waals surface area contributed by atoms with Crippen LogP contribution in [0.3, 0.4) is 0 Å². The third kappa shape index (κ3) is 4.19. The van der Waals surface area contributed by atoms with E-state index in [0.717, 1.165) is 22.7 Å². The van der Waals surface area contributed by atoms with Gasteiger partial charge >= 0.3 is 0 Å². The highest BCUT2D eigenvalue weighted by Gasteiger charge is 2.13. The Kier molecular flexibility index (Phi) is 5.49. The molecule has 0 aliphatic carbocycles. The first-order valence-corrected chi connectivity index (χ1v) is 8.33. The Labute approximate surface area is 153 Å². The maximum Gasteiger partial charge on any atom is 0.272 e. The molecule has 132 valence electrons. The van der Waals surface area contributed by atoms with Crippen LogP contribution in [0.2, 0.25) is 0 Å². The minimum Gasteiger partial charge on any atom is -0.495 e. The van der Waals surface area contributed by atoms with Gasteiger partial charge in [-0.25, -0.2) is 4.98 Å². The number of methoxy groups -OCH3 is 1. The maximum absolute atomic E-state index is 12.5. The predicted molar refractivity (Wildman–Crippen MR) is 103 cm³/mol.